The molecular weight excluding hydrogens is 398 g/mol. The van der Waals surface area contributed by atoms with Crippen molar-refractivity contribution >= 4 is 22.7 Å². The number of rotatable bonds is 3. The number of nitrogens with zero attached hydrogens (tertiary/aromatic N) is 2. The van der Waals surface area contributed by atoms with E-state index in [9.17, 15) is 9.59 Å². The van der Waals surface area contributed by atoms with Gasteiger partial charge in [0.1, 0.15) is 0 Å². The number of likely N-dealkylation sites (N-methyl/N-ethyl adjacent to an activating group) is 1. The molecule has 5 rings (SSSR count). The molecule has 2 aliphatic rings. The van der Waals surface area contributed by atoms with Gasteiger partial charge in [0.2, 0.25) is 5.91 Å². The minimum Gasteiger partial charge on any atom is -0.353 e. The van der Waals surface area contributed by atoms with Crippen LogP contribution >= 0.6 is 0 Å². The van der Waals surface area contributed by atoms with Crippen molar-refractivity contribution in [3.63, 3.8) is 0 Å². The summed E-state index contributed by atoms with van der Waals surface area (Å²) in [5, 5.41) is 4.46. The Balaban J connectivity index is 1.61. The summed E-state index contributed by atoms with van der Waals surface area (Å²) in [6.07, 6.45) is 8.97. The van der Waals surface area contributed by atoms with Crippen LogP contribution in [0.1, 0.15) is 72.0 Å². The molecule has 0 spiro atoms. The molecule has 2 amide bonds. The second kappa shape index (κ2) is 8.45. The molecule has 0 bridgehead atoms. The van der Waals surface area contributed by atoms with Gasteiger partial charge >= 0.3 is 0 Å². The molecule has 3 aromatic rings. The van der Waals surface area contributed by atoms with Gasteiger partial charge in [-0.2, -0.15) is 0 Å². The van der Waals surface area contributed by atoms with E-state index in [-0.39, 0.29) is 23.9 Å². The highest BCUT2D eigenvalue weighted by Crippen LogP contribution is 2.44. The van der Waals surface area contributed by atoms with Crippen LogP contribution in [0, 0.1) is 0 Å². The molecule has 2 heterocycles. The summed E-state index contributed by atoms with van der Waals surface area (Å²) in [6.45, 7) is 0. The summed E-state index contributed by atoms with van der Waals surface area (Å²) in [6, 6.07) is 15.7. The zero-order valence-electron chi connectivity index (χ0n) is 18.9. The van der Waals surface area contributed by atoms with Gasteiger partial charge in [-0.15, -0.1) is 0 Å². The molecule has 0 radical (unpaired) electrons. The molecule has 0 saturated heterocycles. The van der Waals surface area contributed by atoms with E-state index in [1.54, 1.807) is 4.90 Å². The van der Waals surface area contributed by atoms with Gasteiger partial charge in [0.25, 0.3) is 5.91 Å². The lowest BCUT2D eigenvalue weighted by Crippen LogP contribution is -2.47. The lowest BCUT2D eigenvalue weighted by Gasteiger charge is -2.40. The van der Waals surface area contributed by atoms with Gasteiger partial charge in [-0.25, -0.2) is 0 Å². The van der Waals surface area contributed by atoms with Crippen LogP contribution in [-0.4, -0.2) is 34.4 Å². The van der Waals surface area contributed by atoms with Crippen molar-refractivity contribution in [2.45, 2.75) is 56.5 Å². The molecule has 1 fully saturated rings. The Morgan fingerprint density at radius 3 is 2.38 bits per heavy atom. The Labute approximate surface area is 189 Å². The van der Waals surface area contributed by atoms with E-state index in [2.05, 4.69) is 28.2 Å². The summed E-state index contributed by atoms with van der Waals surface area (Å²) in [4.78, 5) is 29.0. The predicted octanol–water partition coefficient (Wildman–Crippen LogP) is 4.93. The number of fused-ring (bicyclic) bond motifs is 2. The first-order valence-corrected chi connectivity index (χ1v) is 11.8. The van der Waals surface area contributed by atoms with Crippen LogP contribution in [0.15, 0.2) is 54.7 Å². The molecule has 1 saturated carbocycles. The first-order valence-electron chi connectivity index (χ1n) is 11.8. The third kappa shape index (κ3) is 3.50. The Hall–Kier alpha value is -3.08. The van der Waals surface area contributed by atoms with Gasteiger partial charge in [0.15, 0.2) is 0 Å². The maximum absolute atomic E-state index is 13.9. The number of para-hydroxylation sites is 1. The quantitative estimate of drug-likeness (QED) is 0.601. The normalized spacial score (nSPS) is 21.9. The maximum atomic E-state index is 13.9. The third-order valence-corrected chi connectivity index (χ3v) is 7.31. The van der Waals surface area contributed by atoms with Gasteiger partial charge < -0.3 is 14.8 Å². The van der Waals surface area contributed by atoms with Gasteiger partial charge in [-0.05, 0) is 30.5 Å². The van der Waals surface area contributed by atoms with Gasteiger partial charge in [0.05, 0.1) is 12.0 Å². The lowest BCUT2D eigenvalue weighted by atomic mass is 9.79. The van der Waals surface area contributed by atoms with E-state index in [4.69, 9.17) is 0 Å². The van der Waals surface area contributed by atoms with Crippen molar-refractivity contribution in [1.82, 2.24) is 14.8 Å². The zero-order chi connectivity index (χ0) is 22.2. The second-order valence-corrected chi connectivity index (χ2v) is 9.34. The van der Waals surface area contributed by atoms with E-state index in [1.807, 2.05) is 50.5 Å². The van der Waals surface area contributed by atoms with Gasteiger partial charge in [-0.1, -0.05) is 62.1 Å². The average Bonchev–Trinajstić information content (AvgIpc) is 2.96. The Bertz CT molecular complexity index is 1160. The van der Waals surface area contributed by atoms with Crippen molar-refractivity contribution in [3.8, 4) is 0 Å². The van der Waals surface area contributed by atoms with E-state index in [0.717, 1.165) is 47.7 Å². The zero-order valence-corrected chi connectivity index (χ0v) is 18.9. The maximum Gasteiger partial charge on any atom is 0.254 e. The highest BCUT2D eigenvalue weighted by atomic mass is 16.2. The number of hydrogen-bond donors (Lipinski definition) is 1. The number of aromatic nitrogens is 1. The highest BCUT2D eigenvalue weighted by Gasteiger charge is 2.44. The van der Waals surface area contributed by atoms with Crippen LogP contribution in [0.5, 0.6) is 0 Å². The average molecular weight is 430 g/mol. The molecule has 5 heteroatoms. The molecule has 1 aromatic heterocycles. The Morgan fingerprint density at radius 1 is 0.906 bits per heavy atom. The van der Waals surface area contributed by atoms with Crippen molar-refractivity contribution in [2.24, 2.45) is 7.05 Å². The number of benzene rings is 2. The lowest BCUT2D eigenvalue weighted by molar-refractivity contribution is -0.124. The van der Waals surface area contributed by atoms with Crippen LogP contribution < -0.4 is 5.32 Å². The van der Waals surface area contributed by atoms with Crippen molar-refractivity contribution in [2.75, 3.05) is 7.05 Å². The topological polar surface area (TPSA) is 54.3 Å². The Kier molecular flexibility index (Phi) is 5.50. The van der Waals surface area contributed by atoms with E-state index in [0.29, 0.717) is 5.56 Å². The SMILES string of the molecule is CN1C(=O)c2ccccc2[C@@H](C(=O)NC2CCCCCC2)[C@H]1c1cn(C)c2ccccc12. The molecule has 32 heavy (non-hydrogen) atoms. The second-order valence-electron chi connectivity index (χ2n) is 9.34. The smallest absolute Gasteiger partial charge is 0.254 e. The van der Waals surface area contributed by atoms with Crippen LogP contribution in [0.4, 0.5) is 0 Å². The molecule has 2 atom stereocenters. The number of hydrogen-bond acceptors (Lipinski definition) is 2. The monoisotopic (exact) mass is 429 g/mol. The fourth-order valence-electron chi connectivity index (χ4n) is 5.67. The fraction of sp³-hybridized carbons (Fsp3) is 0.407. The third-order valence-electron chi connectivity index (χ3n) is 7.31. The van der Waals surface area contributed by atoms with Crippen molar-refractivity contribution in [3.05, 3.63) is 71.4 Å². The molecule has 2 aromatic carbocycles. The first kappa shape index (κ1) is 20.8. The van der Waals surface area contributed by atoms with Crippen molar-refractivity contribution < 1.29 is 9.59 Å². The number of carbonyl (C=O) groups excluding carboxylic acids is 2. The molecule has 1 N–H and O–H groups in total. The standard InChI is InChI=1S/C27H31N3O2/c1-29-17-22(19-13-9-10-16-23(19)29)25-24(26(31)28-18-11-5-3-4-6-12-18)20-14-7-8-15-21(20)27(32)30(25)2/h7-10,13-18,24-25H,3-6,11-12H2,1-2H3,(H,28,31)/t24-,25-/m1/s1. The van der Waals surface area contributed by atoms with Crippen molar-refractivity contribution in [1.29, 1.82) is 0 Å². The summed E-state index contributed by atoms with van der Waals surface area (Å²) in [5.41, 5.74) is 3.59. The van der Waals surface area contributed by atoms with E-state index in [1.165, 1.54) is 12.8 Å². The summed E-state index contributed by atoms with van der Waals surface area (Å²) < 4.78 is 2.09. The largest absolute Gasteiger partial charge is 0.353 e. The minimum absolute atomic E-state index is 0.0293. The molecule has 5 nitrogen and oxygen atoms in total. The highest BCUT2D eigenvalue weighted by molar-refractivity contribution is 6.02. The Morgan fingerprint density at radius 2 is 1.59 bits per heavy atom. The molecule has 1 aliphatic heterocycles. The van der Waals surface area contributed by atoms with Gasteiger partial charge in [0, 0.05) is 48.4 Å². The van der Waals surface area contributed by atoms with Crippen LogP contribution in [-0.2, 0) is 11.8 Å². The summed E-state index contributed by atoms with van der Waals surface area (Å²) in [5.74, 6) is -0.443. The van der Waals surface area contributed by atoms with Crippen LogP contribution in [0.25, 0.3) is 10.9 Å². The summed E-state index contributed by atoms with van der Waals surface area (Å²) in [7, 11) is 3.85. The molecule has 166 valence electrons. The first-order chi connectivity index (χ1) is 15.6. The minimum atomic E-state index is -0.442. The predicted molar refractivity (Wildman–Crippen MR) is 127 cm³/mol. The van der Waals surface area contributed by atoms with E-state index >= 15 is 0 Å². The van der Waals surface area contributed by atoms with Crippen LogP contribution in [0.3, 0.4) is 0 Å². The van der Waals surface area contributed by atoms with E-state index < -0.39 is 5.92 Å². The number of nitrogens with one attached hydrogen (secondary N) is 1. The molecular formula is C27H31N3O2. The summed E-state index contributed by atoms with van der Waals surface area (Å²) >= 11 is 0. The number of carbonyl (C=O) groups is 2. The number of amides is 2. The molecule has 0 unspecified atom stereocenters. The van der Waals surface area contributed by atoms with Gasteiger partial charge in [-0.3, -0.25) is 9.59 Å². The molecule has 1 aliphatic carbocycles. The number of aryl methyl sites for hydroxylation is 1. The van der Waals surface area contributed by atoms with Crippen LogP contribution in [0.2, 0.25) is 0 Å². The fourth-order valence-corrected chi connectivity index (χ4v) is 5.67.